The number of carbonyl (C=O) groups is 1. The van der Waals surface area contributed by atoms with Gasteiger partial charge in [0.05, 0.1) is 5.00 Å². The molecule has 1 aliphatic rings. The lowest BCUT2D eigenvalue weighted by Gasteiger charge is -2.16. The summed E-state index contributed by atoms with van der Waals surface area (Å²) in [6.07, 6.45) is 1.04. The first-order chi connectivity index (χ1) is 9.33. The lowest BCUT2D eigenvalue weighted by Crippen LogP contribution is -2.32. The van der Waals surface area contributed by atoms with E-state index >= 15 is 0 Å². The normalized spacial score (nSPS) is 18.5. The van der Waals surface area contributed by atoms with Gasteiger partial charge in [0.15, 0.2) is 0 Å². The van der Waals surface area contributed by atoms with E-state index in [9.17, 15) is 4.79 Å². The summed E-state index contributed by atoms with van der Waals surface area (Å²) in [4.78, 5) is 14.0. The van der Waals surface area contributed by atoms with Crippen LogP contribution in [0.15, 0.2) is 47.8 Å². The standard InChI is InChI=1S/C15H16N2OS/c18-15(16-14-7-4-10-19-14)17-9-8-13(11-17)12-5-2-1-3-6-12/h1-7,10,13H,8-9,11H2,(H,16,18)/t13-/m0/s1. The monoisotopic (exact) mass is 272 g/mol. The van der Waals surface area contributed by atoms with Crippen molar-refractivity contribution < 1.29 is 4.79 Å². The van der Waals surface area contributed by atoms with Crippen LogP contribution in [0, 0.1) is 0 Å². The van der Waals surface area contributed by atoms with Crippen molar-refractivity contribution in [1.29, 1.82) is 0 Å². The zero-order valence-electron chi connectivity index (χ0n) is 10.6. The molecule has 1 N–H and O–H groups in total. The molecule has 1 fully saturated rings. The number of nitrogens with one attached hydrogen (secondary N) is 1. The number of hydrogen-bond acceptors (Lipinski definition) is 2. The first kappa shape index (κ1) is 12.2. The van der Waals surface area contributed by atoms with Crippen molar-refractivity contribution in [1.82, 2.24) is 4.90 Å². The molecule has 3 rings (SSSR count). The van der Waals surface area contributed by atoms with Crippen LogP contribution < -0.4 is 5.32 Å². The highest BCUT2D eigenvalue weighted by molar-refractivity contribution is 7.14. The average molecular weight is 272 g/mol. The lowest BCUT2D eigenvalue weighted by molar-refractivity contribution is 0.222. The van der Waals surface area contributed by atoms with Crippen LogP contribution in [0.2, 0.25) is 0 Å². The highest BCUT2D eigenvalue weighted by Crippen LogP contribution is 2.27. The molecule has 1 saturated heterocycles. The molecule has 2 amide bonds. The number of rotatable bonds is 2. The van der Waals surface area contributed by atoms with E-state index in [0.29, 0.717) is 5.92 Å². The maximum absolute atomic E-state index is 12.1. The van der Waals surface area contributed by atoms with Crippen LogP contribution in [0.1, 0.15) is 17.9 Å². The van der Waals surface area contributed by atoms with Gasteiger partial charge in [0.1, 0.15) is 0 Å². The van der Waals surface area contributed by atoms with Gasteiger partial charge >= 0.3 is 6.03 Å². The second-order valence-corrected chi connectivity index (χ2v) is 5.70. The van der Waals surface area contributed by atoms with Gasteiger partial charge in [0, 0.05) is 19.0 Å². The topological polar surface area (TPSA) is 32.3 Å². The first-order valence-corrected chi connectivity index (χ1v) is 7.35. The van der Waals surface area contributed by atoms with Crippen LogP contribution in [-0.2, 0) is 0 Å². The fraction of sp³-hybridized carbons (Fsp3) is 0.267. The van der Waals surface area contributed by atoms with Crippen LogP contribution in [0.3, 0.4) is 0 Å². The number of benzene rings is 1. The van der Waals surface area contributed by atoms with E-state index in [4.69, 9.17) is 0 Å². The van der Waals surface area contributed by atoms with Gasteiger partial charge in [0.25, 0.3) is 0 Å². The van der Waals surface area contributed by atoms with E-state index in [1.54, 1.807) is 11.3 Å². The molecule has 0 saturated carbocycles. The minimum atomic E-state index is 0.0147. The number of carbonyl (C=O) groups excluding carboxylic acids is 1. The summed E-state index contributed by atoms with van der Waals surface area (Å²) in [5.41, 5.74) is 1.33. The number of thiophene rings is 1. The van der Waals surface area contributed by atoms with Crippen molar-refractivity contribution in [2.45, 2.75) is 12.3 Å². The molecule has 0 radical (unpaired) electrons. The SMILES string of the molecule is O=C(Nc1cccs1)N1CC[C@H](c2ccccc2)C1. The molecule has 3 nitrogen and oxygen atoms in total. The molecule has 98 valence electrons. The van der Waals surface area contributed by atoms with Crippen molar-refractivity contribution in [3.63, 3.8) is 0 Å². The van der Waals surface area contributed by atoms with E-state index in [1.807, 2.05) is 28.5 Å². The summed E-state index contributed by atoms with van der Waals surface area (Å²) in [5.74, 6) is 0.468. The van der Waals surface area contributed by atoms with Crippen LogP contribution in [0.4, 0.5) is 9.80 Å². The minimum absolute atomic E-state index is 0.0147. The quantitative estimate of drug-likeness (QED) is 0.886. The summed E-state index contributed by atoms with van der Waals surface area (Å²) in [5, 5.41) is 5.82. The summed E-state index contributed by atoms with van der Waals surface area (Å²) in [6.45, 7) is 1.64. The molecular weight excluding hydrogens is 256 g/mol. The molecule has 0 spiro atoms. The number of urea groups is 1. The zero-order chi connectivity index (χ0) is 13.1. The van der Waals surface area contributed by atoms with Crippen molar-refractivity contribution in [2.24, 2.45) is 0 Å². The van der Waals surface area contributed by atoms with E-state index in [2.05, 4.69) is 29.6 Å². The largest absolute Gasteiger partial charge is 0.324 e. The summed E-state index contributed by atoms with van der Waals surface area (Å²) in [7, 11) is 0. The predicted octanol–water partition coefficient (Wildman–Crippen LogP) is 3.77. The van der Waals surface area contributed by atoms with Crippen molar-refractivity contribution in [3.05, 3.63) is 53.4 Å². The Balaban J connectivity index is 1.61. The smallest absolute Gasteiger partial charge is 0.322 e. The van der Waals surface area contributed by atoms with Crippen LogP contribution in [0.25, 0.3) is 0 Å². The van der Waals surface area contributed by atoms with Gasteiger partial charge in [-0.3, -0.25) is 5.32 Å². The van der Waals surface area contributed by atoms with Crippen LogP contribution >= 0.6 is 11.3 Å². The molecule has 1 aromatic heterocycles. The third kappa shape index (κ3) is 2.79. The first-order valence-electron chi connectivity index (χ1n) is 6.47. The molecule has 0 unspecified atom stereocenters. The van der Waals surface area contributed by atoms with Crippen LogP contribution in [0.5, 0.6) is 0 Å². The van der Waals surface area contributed by atoms with Gasteiger partial charge in [-0.05, 0) is 29.5 Å². The lowest BCUT2D eigenvalue weighted by atomic mass is 9.99. The van der Waals surface area contributed by atoms with Crippen LogP contribution in [-0.4, -0.2) is 24.0 Å². The molecule has 1 aliphatic heterocycles. The number of anilines is 1. The number of hydrogen-bond donors (Lipinski definition) is 1. The van der Waals surface area contributed by atoms with E-state index in [0.717, 1.165) is 24.5 Å². The molecule has 19 heavy (non-hydrogen) atoms. The van der Waals surface area contributed by atoms with E-state index in [1.165, 1.54) is 5.56 Å². The van der Waals surface area contributed by atoms with Gasteiger partial charge in [-0.2, -0.15) is 0 Å². The number of likely N-dealkylation sites (tertiary alicyclic amines) is 1. The average Bonchev–Trinajstić information content (AvgIpc) is 3.10. The predicted molar refractivity (Wildman–Crippen MR) is 78.7 cm³/mol. The number of amides is 2. The molecule has 1 atom stereocenters. The fourth-order valence-corrected chi connectivity index (χ4v) is 3.08. The van der Waals surface area contributed by atoms with Gasteiger partial charge in [-0.1, -0.05) is 30.3 Å². The minimum Gasteiger partial charge on any atom is -0.324 e. The summed E-state index contributed by atoms with van der Waals surface area (Å²) >= 11 is 1.55. The fourth-order valence-electron chi connectivity index (χ4n) is 2.48. The van der Waals surface area contributed by atoms with Crippen molar-refractivity contribution in [3.8, 4) is 0 Å². The Kier molecular flexibility index (Phi) is 3.51. The molecule has 0 bridgehead atoms. The second kappa shape index (κ2) is 5.45. The Bertz CT molecular complexity index is 539. The maximum Gasteiger partial charge on any atom is 0.322 e. The van der Waals surface area contributed by atoms with Gasteiger partial charge in [0.2, 0.25) is 0 Å². The Labute approximate surface area is 116 Å². The second-order valence-electron chi connectivity index (χ2n) is 4.75. The zero-order valence-corrected chi connectivity index (χ0v) is 11.4. The highest BCUT2D eigenvalue weighted by Gasteiger charge is 2.27. The Hall–Kier alpha value is -1.81. The summed E-state index contributed by atoms with van der Waals surface area (Å²) in [6, 6.07) is 14.3. The summed E-state index contributed by atoms with van der Waals surface area (Å²) < 4.78 is 0. The Morgan fingerprint density at radius 2 is 2.05 bits per heavy atom. The van der Waals surface area contributed by atoms with E-state index < -0.39 is 0 Å². The third-order valence-corrected chi connectivity index (χ3v) is 4.28. The number of nitrogens with zero attached hydrogens (tertiary/aromatic N) is 1. The molecule has 4 heteroatoms. The van der Waals surface area contributed by atoms with Gasteiger partial charge in [-0.25, -0.2) is 4.79 Å². The highest BCUT2D eigenvalue weighted by atomic mass is 32.1. The van der Waals surface area contributed by atoms with Crippen molar-refractivity contribution in [2.75, 3.05) is 18.4 Å². The van der Waals surface area contributed by atoms with Gasteiger partial charge in [-0.15, -0.1) is 11.3 Å². The Morgan fingerprint density at radius 1 is 1.21 bits per heavy atom. The molecule has 0 aliphatic carbocycles. The third-order valence-electron chi connectivity index (χ3n) is 3.50. The molecule has 2 heterocycles. The molecule has 1 aromatic carbocycles. The molecular formula is C15H16N2OS. The van der Waals surface area contributed by atoms with Crippen molar-refractivity contribution >= 4 is 22.4 Å². The maximum atomic E-state index is 12.1. The molecule has 2 aromatic rings. The van der Waals surface area contributed by atoms with Gasteiger partial charge < -0.3 is 4.90 Å². The Morgan fingerprint density at radius 3 is 2.79 bits per heavy atom. The van der Waals surface area contributed by atoms with E-state index in [-0.39, 0.29) is 6.03 Å².